The summed E-state index contributed by atoms with van der Waals surface area (Å²) in [4.78, 5) is 0. The largest absolute Gasteiger partial charge is 0.454 e. The van der Waals surface area contributed by atoms with E-state index in [0.717, 1.165) is 21.9 Å². The Labute approximate surface area is 168 Å². The molecule has 28 heavy (non-hydrogen) atoms. The quantitative estimate of drug-likeness (QED) is 0.292. The van der Waals surface area contributed by atoms with Gasteiger partial charge in [0, 0.05) is 16.2 Å². The van der Waals surface area contributed by atoms with Crippen molar-refractivity contribution in [3.8, 4) is 11.1 Å². The van der Waals surface area contributed by atoms with Crippen LogP contribution in [-0.4, -0.2) is 0 Å². The van der Waals surface area contributed by atoms with Gasteiger partial charge in [0.15, 0.2) is 5.58 Å². The highest BCUT2D eigenvalue weighted by atomic mass is 35.5. The zero-order chi connectivity index (χ0) is 18.9. The summed E-state index contributed by atoms with van der Waals surface area (Å²) in [6.07, 6.45) is 0. The minimum absolute atomic E-state index is 0.218. The lowest BCUT2D eigenvalue weighted by Crippen LogP contribution is -2.22. The van der Waals surface area contributed by atoms with Crippen LogP contribution < -0.4 is 0 Å². The van der Waals surface area contributed by atoms with E-state index in [2.05, 4.69) is 79.7 Å². The van der Waals surface area contributed by atoms with E-state index in [1.807, 2.05) is 12.1 Å². The van der Waals surface area contributed by atoms with Gasteiger partial charge in [0.05, 0.1) is 5.02 Å². The number of para-hydroxylation sites is 1. The van der Waals surface area contributed by atoms with Crippen molar-refractivity contribution < 1.29 is 4.42 Å². The molecule has 0 aliphatic heterocycles. The molecule has 5 aromatic rings. The molecule has 1 heterocycles. The van der Waals surface area contributed by atoms with E-state index in [1.165, 1.54) is 27.8 Å². The molecular weight excluding hydrogens is 364 g/mol. The predicted molar refractivity (Wildman–Crippen MR) is 116 cm³/mol. The molecule has 0 saturated heterocycles. The zero-order valence-corrected chi connectivity index (χ0v) is 16.1. The first-order valence-electron chi connectivity index (χ1n) is 9.48. The lowest BCUT2D eigenvalue weighted by molar-refractivity contribution is 0.662. The molecule has 1 nitrogen and oxygen atoms in total. The maximum absolute atomic E-state index is 6.36. The van der Waals surface area contributed by atoms with Crippen LogP contribution >= 0.6 is 11.6 Å². The molecule has 6 rings (SSSR count). The number of halogens is 1. The molecule has 134 valence electrons. The average molecular weight is 381 g/mol. The molecule has 1 aliphatic carbocycles. The van der Waals surface area contributed by atoms with Crippen molar-refractivity contribution in [2.24, 2.45) is 0 Å². The van der Waals surface area contributed by atoms with Crippen LogP contribution in [0.1, 0.15) is 23.6 Å². The molecule has 0 saturated carbocycles. The second-order valence-electron chi connectivity index (χ2n) is 7.65. The molecule has 0 amide bonds. The summed E-state index contributed by atoms with van der Waals surface area (Å²) in [5, 5.41) is 2.81. The van der Waals surface area contributed by atoms with Crippen LogP contribution in [0.5, 0.6) is 0 Å². The van der Waals surface area contributed by atoms with E-state index < -0.39 is 0 Å². The first-order chi connectivity index (χ1) is 13.7. The SMILES string of the molecule is CC1(c2ccc3c(c2)oc2c(Cl)cccc23)c2ccccc2-c2ccccc21. The summed E-state index contributed by atoms with van der Waals surface area (Å²) in [7, 11) is 0. The fraction of sp³-hybridized carbons (Fsp3) is 0.0769. The smallest absolute Gasteiger partial charge is 0.153 e. The van der Waals surface area contributed by atoms with Crippen molar-refractivity contribution in [1.82, 2.24) is 0 Å². The summed E-state index contributed by atoms with van der Waals surface area (Å²) in [5.74, 6) is 0. The van der Waals surface area contributed by atoms with Crippen molar-refractivity contribution in [2.45, 2.75) is 12.3 Å². The highest BCUT2D eigenvalue weighted by Gasteiger charge is 2.40. The lowest BCUT2D eigenvalue weighted by atomic mass is 9.74. The van der Waals surface area contributed by atoms with Crippen LogP contribution in [0.3, 0.4) is 0 Å². The number of hydrogen-bond donors (Lipinski definition) is 0. The standard InChI is InChI=1S/C26H17ClO/c1-26(21-10-4-2-7-17(21)18-8-3-5-11-22(18)26)16-13-14-19-20-9-6-12-23(27)25(20)28-24(19)15-16/h2-15H,1H3. The van der Waals surface area contributed by atoms with E-state index in [1.54, 1.807) is 0 Å². The minimum atomic E-state index is -0.218. The van der Waals surface area contributed by atoms with Crippen LogP contribution in [0.4, 0.5) is 0 Å². The summed E-state index contributed by atoms with van der Waals surface area (Å²) in [6, 6.07) is 29.9. The second-order valence-corrected chi connectivity index (χ2v) is 8.05. The van der Waals surface area contributed by atoms with Gasteiger partial charge in [-0.15, -0.1) is 0 Å². The van der Waals surface area contributed by atoms with Crippen LogP contribution in [0.25, 0.3) is 33.1 Å². The zero-order valence-electron chi connectivity index (χ0n) is 15.4. The second kappa shape index (κ2) is 5.50. The fourth-order valence-corrected chi connectivity index (χ4v) is 5.05. The molecule has 1 aromatic heterocycles. The third kappa shape index (κ3) is 1.92. The Morgan fingerprint density at radius 1 is 0.714 bits per heavy atom. The fourth-order valence-electron chi connectivity index (χ4n) is 4.84. The van der Waals surface area contributed by atoms with Crippen LogP contribution in [0.15, 0.2) is 89.3 Å². The van der Waals surface area contributed by atoms with Crippen molar-refractivity contribution in [1.29, 1.82) is 0 Å². The van der Waals surface area contributed by atoms with Gasteiger partial charge in [0.2, 0.25) is 0 Å². The van der Waals surface area contributed by atoms with Crippen LogP contribution in [0.2, 0.25) is 5.02 Å². The van der Waals surface area contributed by atoms with Gasteiger partial charge in [0.1, 0.15) is 5.58 Å². The predicted octanol–water partition coefficient (Wildman–Crippen LogP) is 7.57. The van der Waals surface area contributed by atoms with Gasteiger partial charge >= 0.3 is 0 Å². The summed E-state index contributed by atoms with van der Waals surface area (Å²) >= 11 is 6.36. The molecule has 0 bridgehead atoms. The highest BCUT2D eigenvalue weighted by molar-refractivity contribution is 6.35. The Bertz CT molecular complexity index is 1350. The Morgan fingerprint density at radius 2 is 1.39 bits per heavy atom. The third-order valence-electron chi connectivity index (χ3n) is 6.25. The van der Waals surface area contributed by atoms with Gasteiger partial charge < -0.3 is 4.42 Å². The molecule has 2 heteroatoms. The Kier molecular flexibility index (Phi) is 3.14. The Hall–Kier alpha value is -3.03. The summed E-state index contributed by atoms with van der Waals surface area (Å²) in [5.41, 5.74) is 7.95. The van der Waals surface area contributed by atoms with Crippen molar-refractivity contribution in [2.75, 3.05) is 0 Å². The molecule has 0 N–H and O–H groups in total. The molecule has 4 aromatic carbocycles. The van der Waals surface area contributed by atoms with E-state index in [4.69, 9.17) is 16.0 Å². The number of furan rings is 1. The van der Waals surface area contributed by atoms with Crippen molar-refractivity contribution >= 4 is 33.5 Å². The summed E-state index contributed by atoms with van der Waals surface area (Å²) in [6.45, 7) is 2.31. The van der Waals surface area contributed by atoms with E-state index in [0.29, 0.717) is 5.02 Å². The van der Waals surface area contributed by atoms with E-state index >= 15 is 0 Å². The van der Waals surface area contributed by atoms with Gasteiger partial charge in [0.25, 0.3) is 0 Å². The van der Waals surface area contributed by atoms with E-state index in [-0.39, 0.29) is 5.41 Å². The topological polar surface area (TPSA) is 13.1 Å². The molecule has 0 spiro atoms. The van der Waals surface area contributed by atoms with Gasteiger partial charge in [-0.1, -0.05) is 84.4 Å². The maximum atomic E-state index is 6.36. The molecule has 0 unspecified atom stereocenters. The Morgan fingerprint density at radius 3 is 2.11 bits per heavy atom. The number of fused-ring (bicyclic) bond motifs is 6. The maximum Gasteiger partial charge on any atom is 0.153 e. The number of rotatable bonds is 1. The molecule has 0 radical (unpaired) electrons. The molecular formula is C26H17ClO. The van der Waals surface area contributed by atoms with Gasteiger partial charge in [-0.2, -0.15) is 0 Å². The summed E-state index contributed by atoms with van der Waals surface area (Å²) < 4.78 is 6.17. The molecule has 0 fully saturated rings. The first-order valence-corrected chi connectivity index (χ1v) is 9.86. The van der Waals surface area contributed by atoms with Crippen molar-refractivity contribution in [3.05, 3.63) is 107 Å². The van der Waals surface area contributed by atoms with Gasteiger partial charge in [-0.3, -0.25) is 0 Å². The minimum Gasteiger partial charge on any atom is -0.454 e. The number of hydrogen-bond acceptors (Lipinski definition) is 1. The lowest BCUT2D eigenvalue weighted by Gasteiger charge is -2.28. The van der Waals surface area contributed by atoms with E-state index in [9.17, 15) is 0 Å². The first kappa shape index (κ1) is 16.0. The monoisotopic (exact) mass is 380 g/mol. The molecule has 1 aliphatic rings. The number of benzene rings is 4. The van der Waals surface area contributed by atoms with Gasteiger partial charge in [-0.25, -0.2) is 0 Å². The van der Waals surface area contributed by atoms with Crippen LogP contribution in [0, 0.1) is 0 Å². The average Bonchev–Trinajstić information content (AvgIpc) is 3.24. The Balaban J connectivity index is 1.67. The van der Waals surface area contributed by atoms with Crippen LogP contribution in [-0.2, 0) is 5.41 Å². The highest BCUT2D eigenvalue weighted by Crippen LogP contribution is 2.52. The molecule has 0 atom stereocenters. The third-order valence-corrected chi connectivity index (χ3v) is 6.55. The van der Waals surface area contributed by atoms with Gasteiger partial charge in [-0.05, 0) is 46.9 Å². The van der Waals surface area contributed by atoms with Crippen molar-refractivity contribution in [3.63, 3.8) is 0 Å². The normalized spacial score (nSPS) is 14.4.